The van der Waals surface area contributed by atoms with E-state index in [0.717, 1.165) is 24.7 Å². The number of nitrogens with one attached hydrogen (secondary N) is 1. The highest BCUT2D eigenvalue weighted by Crippen LogP contribution is 2.28. The number of hydrogen-bond acceptors (Lipinski definition) is 3. The molecule has 0 aromatic heterocycles. The van der Waals surface area contributed by atoms with Gasteiger partial charge in [0.15, 0.2) is 0 Å². The van der Waals surface area contributed by atoms with Crippen LogP contribution in [0.1, 0.15) is 31.2 Å². The van der Waals surface area contributed by atoms with Crippen LogP contribution < -0.4 is 5.32 Å². The summed E-state index contributed by atoms with van der Waals surface area (Å²) in [5, 5.41) is 11.8. The van der Waals surface area contributed by atoms with Crippen LogP contribution in [0.25, 0.3) is 0 Å². The van der Waals surface area contributed by atoms with Crippen LogP contribution in [-0.2, 0) is 9.59 Å². The molecule has 0 bridgehead atoms. The summed E-state index contributed by atoms with van der Waals surface area (Å²) < 4.78 is 0. The normalized spacial score (nSPS) is 11.8. The average molecular weight is 221 g/mol. The molecule has 0 saturated heterocycles. The summed E-state index contributed by atoms with van der Waals surface area (Å²) in [6.45, 7) is 2.00. The lowest BCUT2D eigenvalue weighted by molar-refractivity contribution is -0.109. The molecule has 86 valence electrons. The second-order valence-corrected chi connectivity index (χ2v) is 3.57. The number of hydrogen-bond donors (Lipinski definition) is 2. The molecule has 1 unspecified atom stereocenters. The molecule has 1 aromatic carbocycles. The molecule has 16 heavy (non-hydrogen) atoms. The molecule has 0 heterocycles. The molecule has 0 spiro atoms. The largest absolute Gasteiger partial charge is 0.506 e. The number of benzene rings is 1. The maximum Gasteiger partial charge on any atom is 0.211 e. The van der Waals surface area contributed by atoms with Gasteiger partial charge in [-0.1, -0.05) is 19.4 Å². The van der Waals surface area contributed by atoms with Crippen LogP contribution >= 0.6 is 0 Å². The Hall–Kier alpha value is -1.84. The summed E-state index contributed by atoms with van der Waals surface area (Å²) in [4.78, 5) is 21.2. The number of aldehydes is 1. The first kappa shape index (κ1) is 12.2. The van der Waals surface area contributed by atoms with Gasteiger partial charge in [-0.05, 0) is 24.1 Å². The number of carbonyl (C=O) groups is 2. The Kier molecular flexibility index (Phi) is 4.51. The summed E-state index contributed by atoms with van der Waals surface area (Å²) in [7, 11) is 0. The standard InChI is InChI=1S/C12H15NO3/c1-2-3-10(7-14)9-4-5-12(16)11(6-9)13-8-15/h4-8,10,16H,2-3H2,1H3,(H,13,15). The van der Waals surface area contributed by atoms with Gasteiger partial charge in [-0.25, -0.2) is 0 Å². The minimum absolute atomic E-state index is 0.00278. The maximum absolute atomic E-state index is 10.9. The zero-order valence-corrected chi connectivity index (χ0v) is 9.14. The number of amides is 1. The van der Waals surface area contributed by atoms with Crippen molar-refractivity contribution in [3.8, 4) is 5.75 Å². The molecule has 4 heteroatoms. The molecule has 1 rings (SSSR count). The van der Waals surface area contributed by atoms with E-state index in [1.54, 1.807) is 12.1 Å². The number of phenols is 1. The summed E-state index contributed by atoms with van der Waals surface area (Å²) in [6, 6.07) is 4.80. The Morgan fingerprint density at radius 2 is 2.19 bits per heavy atom. The van der Waals surface area contributed by atoms with Gasteiger partial charge in [-0.15, -0.1) is 0 Å². The quantitative estimate of drug-likeness (QED) is 0.570. The van der Waals surface area contributed by atoms with Crippen molar-refractivity contribution >= 4 is 18.4 Å². The van der Waals surface area contributed by atoms with Crippen LogP contribution in [0.15, 0.2) is 18.2 Å². The lowest BCUT2D eigenvalue weighted by Gasteiger charge is -2.11. The molecule has 0 aliphatic rings. The van der Waals surface area contributed by atoms with Gasteiger partial charge in [0.2, 0.25) is 6.41 Å². The zero-order valence-electron chi connectivity index (χ0n) is 9.14. The van der Waals surface area contributed by atoms with Gasteiger partial charge >= 0.3 is 0 Å². The molecule has 1 aromatic rings. The predicted octanol–water partition coefficient (Wildman–Crippen LogP) is 2.04. The highest BCUT2D eigenvalue weighted by Gasteiger charge is 2.11. The Balaban J connectivity index is 2.99. The molecule has 0 fully saturated rings. The van der Waals surface area contributed by atoms with Crippen molar-refractivity contribution in [1.29, 1.82) is 0 Å². The molecule has 0 aliphatic heterocycles. The first-order chi connectivity index (χ1) is 7.72. The Morgan fingerprint density at radius 1 is 1.44 bits per heavy atom. The fourth-order valence-electron chi connectivity index (χ4n) is 1.59. The Bertz CT molecular complexity index is 377. The van der Waals surface area contributed by atoms with Gasteiger partial charge in [0, 0.05) is 5.92 Å². The van der Waals surface area contributed by atoms with E-state index in [-0.39, 0.29) is 11.7 Å². The van der Waals surface area contributed by atoms with Gasteiger partial charge in [0.1, 0.15) is 12.0 Å². The predicted molar refractivity (Wildman–Crippen MR) is 61.5 cm³/mol. The van der Waals surface area contributed by atoms with E-state index in [2.05, 4.69) is 5.32 Å². The van der Waals surface area contributed by atoms with Crippen LogP contribution in [0.3, 0.4) is 0 Å². The highest BCUT2D eigenvalue weighted by molar-refractivity contribution is 5.76. The molecule has 0 radical (unpaired) electrons. The molecule has 0 aliphatic carbocycles. The third-order valence-corrected chi connectivity index (χ3v) is 2.43. The van der Waals surface area contributed by atoms with E-state index in [0.29, 0.717) is 12.1 Å². The lowest BCUT2D eigenvalue weighted by Crippen LogP contribution is -2.02. The van der Waals surface area contributed by atoms with Gasteiger partial charge in [-0.3, -0.25) is 4.79 Å². The number of aromatic hydroxyl groups is 1. The van der Waals surface area contributed by atoms with Crippen molar-refractivity contribution in [2.75, 3.05) is 5.32 Å². The SMILES string of the molecule is CCCC(C=O)c1ccc(O)c(NC=O)c1. The number of carbonyl (C=O) groups excluding carboxylic acids is 2. The molecule has 4 nitrogen and oxygen atoms in total. The average Bonchev–Trinajstić information content (AvgIpc) is 2.29. The summed E-state index contributed by atoms with van der Waals surface area (Å²) >= 11 is 0. The van der Waals surface area contributed by atoms with E-state index in [1.165, 1.54) is 6.07 Å². The van der Waals surface area contributed by atoms with E-state index in [9.17, 15) is 14.7 Å². The van der Waals surface area contributed by atoms with E-state index >= 15 is 0 Å². The van der Waals surface area contributed by atoms with Crippen molar-refractivity contribution in [3.05, 3.63) is 23.8 Å². The Morgan fingerprint density at radius 3 is 2.75 bits per heavy atom. The number of anilines is 1. The van der Waals surface area contributed by atoms with Crippen LogP contribution in [0.4, 0.5) is 5.69 Å². The summed E-state index contributed by atoms with van der Waals surface area (Å²) in [6.07, 6.45) is 3.05. The van der Waals surface area contributed by atoms with Crippen LogP contribution in [-0.4, -0.2) is 17.8 Å². The second kappa shape index (κ2) is 5.90. The minimum atomic E-state index is -0.183. The van der Waals surface area contributed by atoms with Crippen molar-refractivity contribution in [2.24, 2.45) is 0 Å². The van der Waals surface area contributed by atoms with Crippen molar-refractivity contribution in [1.82, 2.24) is 0 Å². The van der Waals surface area contributed by atoms with Crippen LogP contribution in [0.2, 0.25) is 0 Å². The topological polar surface area (TPSA) is 66.4 Å². The third-order valence-electron chi connectivity index (χ3n) is 2.43. The molecular formula is C12H15NO3. The minimum Gasteiger partial charge on any atom is -0.506 e. The summed E-state index contributed by atoms with van der Waals surface area (Å²) in [5.41, 5.74) is 1.13. The van der Waals surface area contributed by atoms with Crippen molar-refractivity contribution in [2.45, 2.75) is 25.7 Å². The first-order valence-corrected chi connectivity index (χ1v) is 5.21. The van der Waals surface area contributed by atoms with Crippen molar-refractivity contribution < 1.29 is 14.7 Å². The first-order valence-electron chi connectivity index (χ1n) is 5.21. The molecule has 1 amide bonds. The number of phenolic OH excluding ortho intramolecular Hbond substituents is 1. The lowest BCUT2D eigenvalue weighted by atomic mass is 9.95. The van der Waals surface area contributed by atoms with Gasteiger partial charge in [-0.2, -0.15) is 0 Å². The second-order valence-electron chi connectivity index (χ2n) is 3.57. The maximum atomic E-state index is 10.9. The monoisotopic (exact) mass is 221 g/mol. The molecule has 2 N–H and O–H groups in total. The molecule has 1 atom stereocenters. The Labute approximate surface area is 94.3 Å². The number of rotatable bonds is 6. The highest BCUT2D eigenvalue weighted by atomic mass is 16.3. The van der Waals surface area contributed by atoms with E-state index < -0.39 is 0 Å². The van der Waals surface area contributed by atoms with Crippen LogP contribution in [0, 0.1) is 0 Å². The molecule has 0 saturated carbocycles. The third kappa shape index (κ3) is 2.82. The smallest absolute Gasteiger partial charge is 0.211 e. The van der Waals surface area contributed by atoms with E-state index in [1.807, 2.05) is 6.92 Å². The van der Waals surface area contributed by atoms with Gasteiger partial charge in [0.25, 0.3) is 0 Å². The van der Waals surface area contributed by atoms with Crippen LogP contribution in [0.5, 0.6) is 5.75 Å². The summed E-state index contributed by atoms with van der Waals surface area (Å²) in [5.74, 6) is -0.185. The van der Waals surface area contributed by atoms with Crippen molar-refractivity contribution in [3.63, 3.8) is 0 Å². The zero-order chi connectivity index (χ0) is 12.0. The fraction of sp³-hybridized carbons (Fsp3) is 0.333. The van der Waals surface area contributed by atoms with Gasteiger partial charge in [0.05, 0.1) is 5.69 Å². The molecular weight excluding hydrogens is 206 g/mol. The van der Waals surface area contributed by atoms with Gasteiger partial charge < -0.3 is 15.2 Å². The fourth-order valence-corrected chi connectivity index (χ4v) is 1.59. The van der Waals surface area contributed by atoms with E-state index in [4.69, 9.17) is 0 Å².